The third-order valence-electron chi connectivity index (χ3n) is 4.89. The van der Waals surface area contributed by atoms with Gasteiger partial charge in [0.15, 0.2) is 0 Å². The number of halogens is 3. The van der Waals surface area contributed by atoms with Crippen molar-refractivity contribution in [3.05, 3.63) is 35.4 Å². The molecule has 0 spiro atoms. The Hall–Kier alpha value is -1.24. The zero-order valence-electron chi connectivity index (χ0n) is 13.4. The van der Waals surface area contributed by atoms with Crippen molar-refractivity contribution in [2.75, 3.05) is 26.3 Å². The first-order valence-electron chi connectivity index (χ1n) is 8.16. The van der Waals surface area contributed by atoms with E-state index >= 15 is 0 Å². The lowest BCUT2D eigenvalue weighted by Gasteiger charge is -2.32. The van der Waals surface area contributed by atoms with Crippen LogP contribution in [-0.4, -0.2) is 38.3 Å². The molecule has 1 aliphatic heterocycles. The smallest absolute Gasteiger partial charge is 0.239 e. The number of benzene rings is 1. The first kappa shape index (κ1) is 19.1. The Balaban J connectivity index is 0.00000208. The maximum atomic E-state index is 14.2. The normalized spacial score (nSPS) is 22.7. The maximum absolute atomic E-state index is 14.2. The van der Waals surface area contributed by atoms with Gasteiger partial charge in [0, 0.05) is 24.1 Å². The zero-order chi connectivity index (χ0) is 16.3. The Bertz CT molecular complexity index is 553. The third kappa shape index (κ3) is 3.87. The van der Waals surface area contributed by atoms with Crippen molar-refractivity contribution in [3.63, 3.8) is 0 Å². The molecule has 1 unspecified atom stereocenters. The molecule has 2 aliphatic rings. The first-order valence-corrected chi connectivity index (χ1v) is 8.16. The molecule has 1 atom stereocenters. The van der Waals surface area contributed by atoms with Gasteiger partial charge in [-0.1, -0.05) is 18.9 Å². The van der Waals surface area contributed by atoms with Crippen molar-refractivity contribution in [2.24, 2.45) is 0 Å². The molecule has 4 nitrogen and oxygen atoms in total. The highest BCUT2D eigenvalue weighted by atomic mass is 35.5. The summed E-state index contributed by atoms with van der Waals surface area (Å²) in [5.74, 6) is -1.23. The predicted octanol–water partition coefficient (Wildman–Crippen LogP) is 2.30. The number of carbonyl (C=O) groups excluding carboxylic acids is 1. The molecule has 1 saturated carbocycles. The van der Waals surface area contributed by atoms with Gasteiger partial charge in [0.25, 0.3) is 0 Å². The quantitative estimate of drug-likeness (QED) is 0.866. The molecule has 1 aliphatic carbocycles. The lowest BCUT2D eigenvalue weighted by molar-refractivity contribution is -0.126. The van der Waals surface area contributed by atoms with Crippen LogP contribution in [-0.2, 0) is 14.9 Å². The fourth-order valence-corrected chi connectivity index (χ4v) is 3.68. The number of nitrogens with one attached hydrogen (secondary N) is 2. The van der Waals surface area contributed by atoms with Crippen molar-refractivity contribution < 1.29 is 18.3 Å². The average Bonchev–Trinajstić information content (AvgIpc) is 3.03. The van der Waals surface area contributed by atoms with Crippen LogP contribution < -0.4 is 10.6 Å². The molecule has 0 bridgehead atoms. The van der Waals surface area contributed by atoms with Gasteiger partial charge in [-0.15, -0.1) is 12.4 Å². The molecule has 7 heteroatoms. The van der Waals surface area contributed by atoms with E-state index in [0.29, 0.717) is 32.6 Å². The highest BCUT2D eigenvalue weighted by Gasteiger charge is 2.40. The topological polar surface area (TPSA) is 50.4 Å². The molecular weight excluding hydrogens is 338 g/mol. The predicted molar refractivity (Wildman–Crippen MR) is 89.4 cm³/mol. The van der Waals surface area contributed by atoms with Crippen molar-refractivity contribution >= 4 is 18.3 Å². The summed E-state index contributed by atoms with van der Waals surface area (Å²) in [5, 5.41) is 5.96. The maximum Gasteiger partial charge on any atom is 0.239 e. The fraction of sp³-hybridized carbons (Fsp3) is 0.588. The van der Waals surface area contributed by atoms with Gasteiger partial charge in [-0.25, -0.2) is 8.78 Å². The van der Waals surface area contributed by atoms with Crippen molar-refractivity contribution in [1.82, 2.24) is 10.6 Å². The summed E-state index contributed by atoms with van der Waals surface area (Å²) in [6, 6.07) is 3.56. The number of morpholine rings is 1. The van der Waals surface area contributed by atoms with Crippen LogP contribution in [0.3, 0.4) is 0 Å². The van der Waals surface area contributed by atoms with Gasteiger partial charge in [0.05, 0.1) is 13.2 Å². The van der Waals surface area contributed by atoms with Crippen LogP contribution in [0.25, 0.3) is 0 Å². The number of ether oxygens (including phenoxy) is 1. The third-order valence-corrected chi connectivity index (χ3v) is 4.89. The van der Waals surface area contributed by atoms with E-state index in [0.717, 1.165) is 12.8 Å². The van der Waals surface area contributed by atoms with E-state index < -0.39 is 23.1 Å². The molecule has 0 radical (unpaired) electrons. The molecule has 2 fully saturated rings. The molecule has 1 aromatic rings. The summed E-state index contributed by atoms with van der Waals surface area (Å²) in [5.41, 5.74) is -0.536. The van der Waals surface area contributed by atoms with Crippen LogP contribution in [0.2, 0.25) is 0 Å². The average molecular weight is 361 g/mol. The van der Waals surface area contributed by atoms with E-state index in [1.54, 1.807) is 0 Å². The second kappa shape index (κ2) is 8.23. The summed E-state index contributed by atoms with van der Waals surface area (Å²) in [6.45, 7) is 1.80. The first-order chi connectivity index (χ1) is 11.1. The van der Waals surface area contributed by atoms with Gasteiger partial charge in [0.1, 0.15) is 17.7 Å². The molecule has 134 valence electrons. The highest BCUT2D eigenvalue weighted by Crippen LogP contribution is 2.42. The van der Waals surface area contributed by atoms with Gasteiger partial charge in [-0.2, -0.15) is 0 Å². The van der Waals surface area contributed by atoms with E-state index in [1.807, 2.05) is 0 Å². The minimum atomic E-state index is -0.652. The largest absolute Gasteiger partial charge is 0.378 e. The van der Waals surface area contributed by atoms with Gasteiger partial charge in [0.2, 0.25) is 5.91 Å². The minimum absolute atomic E-state index is 0. The molecule has 2 N–H and O–H groups in total. The molecule has 1 aromatic carbocycles. The van der Waals surface area contributed by atoms with Crippen LogP contribution >= 0.6 is 12.4 Å². The Labute approximate surface area is 146 Å². The Morgan fingerprint density at radius 1 is 1.29 bits per heavy atom. The van der Waals surface area contributed by atoms with Gasteiger partial charge >= 0.3 is 0 Å². The van der Waals surface area contributed by atoms with E-state index in [1.165, 1.54) is 18.2 Å². The number of hydrogen-bond acceptors (Lipinski definition) is 3. The monoisotopic (exact) mass is 360 g/mol. The lowest BCUT2D eigenvalue weighted by Crippen LogP contribution is -2.53. The van der Waals surface area contributed by atoms with Crippen LogP contribution in [0.5, 0.6) is 0 Å². The summed E-state index contributed by atoms with van der Waals surface area (Å²) in [6.07, 6.45) is 3.18. The van der Waals surface area contributed by atoms with Gasteiger partial charge < -0.3 is 15.4 Å². The number of amides is 1. The zero-order valence-corrected chi connectivity index (χ0v) is 14.3. The van der Waals surface area contributed by atoms with Crippen LogP contribution in [0.15, 0.2) is 18.2 Å². The summed E-state index contributed by atoms with van der Waals surface area (Å²) in [4.78, 5) is 12.3. The second-order valence-corrected chi connectivity index (χ2v) is 6.38. The molecule has 1 amide bonds. The molecule has 3 rings (SSSR count). The van der Waals surface area contributed by atoms with Crippen molar-refractivity contribution in [3.8, 4) is 0 Å². The van der Waals surface area contributed by atoms with E-state index in [-0.39, 0.29) is 30.4 Å². The van der Waals surface area contributed by atoms with Crippen molar-refractivity contribution in [2.45, 2.75) is 37.1 Å². The van der Waals surface area contributed by atoms with Crippen molar-refractivity contribution in [1.29, 1.82) is 0 Å². The lowest BCUT2D eigenvalue weighted by atomic mass is 9.78. The highest BCUT2D eigenvalue weighted by molar-refractivity contribution is 5.85. The summed E-state index contributed by atoms with van der Waals surface area (Å²) < 4.78 is 33.8. The number of carbonyl (C=O) groups is 1. The molecule has 24 heavy (non-hydrogen) atoms. The fourth-order valence-electron chi connectivity index (χ4n) is 3.68. The van der Waals surface area contributed by atoms with E-state index in [9.17, 15) is 13.6 Å². The standard InChI is InChI=1S/C17H22F2N2O2.ClH/c18-12-4-3-5-13(19)15(12)17(6-1-2-7-17)11-21-16(22)14-10-23-9-8-20-14;/h3-5,14,20H,1-2,6-11H2,(H,21,22);1H. The summed E-state index contributed by atoms with van der Waals surface area (Å²) >= 11 is 0. The molecule has 1 saturated heterocycles. The van der Waals surface area contributed by atoms with E-state index in [4.69, 9.17) is 4.74 Å². The number of hydrogen-bond donors (Lipinski definition) is 2. The van der Waals surface area contributed by atoms with Crippen LogP contribution in [0.4, 0.5) is 8.78 Å². The Morgan fingerprint density at radius 2 is 1.96 bits per heavy atom. The molecule has 0 aromatic heterocycles. The Kier molecular flexibility index (Phi) is 6.54. The summed E-state index contributed by atoms with van der Waals surface area (Å²) in [7, 11) is 0. The van der Waals surface area contributed by atoms with Gasteiger partial charge in [-0.05, 0) is 25.0 Å². The van der Waals surface area contributed by atoms with Crippen LogP contribution in [0, 0.1) is 11.6 Å². The van der Waals surface area contributed by atoms with Crippen LogP contribution in [0.1, 0.15) is 31.2 Å². The SMILES string of the molecule is Cl.O=C(NCC1(c2c(F)cccc2F)CCCC1)C1COCCN1. The molecule has 1 heterocycles. The Morgan fingerprint density at radius 3 is 2.54 bits per heavy atom. The molecular formula is C17H23ClF2N2O2. The van der Waals surface area contributed by atoms with E-state index in [2.05, 4.69) is 10.6 Å². The number of rotatable bonds is 4. The minimum Gasteiger partial charge on any atom is -0.378 e. The second-order valence-electron chi connectivity index (χ2n) is 6.38. The van der Waals surface area contributed by atoms with Gasteiger partial charge in [-0.3, -0.25) is 4.79 Å².